The molecule has 0 bridgehead atoms. The third-order valence-corrected chi connectivity index (χ3v) is 5.61. The van der Waals surface area contributed by atoms with Crippen molar-refractivity contribution in [2.75, 3.05) is 32.7 Å². The number of non-ortho nitro benzene ring substituents is 2. The summed E-state index contributed by atoms with van der Waals surface area (Å²) in [7, 11) is 0. The van der Waals surface area contributed by atoms with Gasteiger partial charge in [0.05, 0.1) is 15.9 Å². The molecule has 0 amide bonds. The highest BCUT2D eigenvalue weighted by Gasteiger charge is 2.33. The maximum Gasteiger partial charge on any atom is 0.269 e. The Morgan fingerprint density at radius 2 is 1.32 bits per heavy atom. The van der Waals surface area contributed by atoms with Crippen LogP contribution in [0.15, 0.2) is 48.5 Å². The van der Waals surface area contributed by atoms with Crippen molar-refractivity contribution in [2.45, 2.75) is 25.3 Å². The number of piperazine rings is 1. The molecule has 1 fully saturated rings. The van der Waals surface area contributed by atoms with Gasteiger partial charge in [-0.3, -0.25) is 30.0 Å². The molecule has 0 spiro atoms. The van der Waals surface area contributed by atoms with Crippen LogP contribution in [0.3, 0.4) is 0 Å². The van der Waals surface area contributed by atoms with Gasteiger partial charge in [-0.05, 0) is 24.0 Å². The van der Waals surface area contributed by atoms with E-state index in [0.29, 0.717) is 39.0 Å². The highest BCUT2D eigenvalue weighted by atomic mass is 19.3. The summed E-state index contributed by atoms with van der Waals surface area (Å²) in [6, 6.07) is 11.6. The van der Waals surface area contributed by atoms with Gasteiger partial charge in [-0.1, -0.05) is 24.3 Å². The van der Waals surface area contributed by atoms with E-state index in [9.17, 15) is 29.0 Å². The van der Waals surface area contributed by atoms with Crippen molar-refractivity contribution in [3.8, 4) is 0 Å². The van der Waals surface area contributed by atoms with E-state index in [0.717, 1.165) is 11.1 Å². The lowest BCUT2D eigenvalue weighted by atomic mass is 10.1. The van der Waals surface area contributed by atoms with Crippen LogP contribution in [-0.2, 0) is 12.8 Å². The molecule has 1 atom stereocenters. The van der Waals surface area contributed by atoms with Crippen LogP contribution < -0.4 is 0 Å². The molecular weight excluding hydrogens is 410 g/mol. The number of rotatable bonds is 9. The van der Waals surface area contributed by atoms with Gasteiger partial charge in [0.25, 0.3) is 17.8 Å². The minimum absolute atomic E-state index is 0.0100. The normalized spacial score (nSPS) is 17.7. The summed E-state index contributed by atoms with van der Waals surface area (Å²) >= 11 is 0. The third kappa shape index (κ3) is 6.25. The van der Waals surface area contributed by atoms with Gasteiger partial charge < -0.3 is 0 Å². The zero-order chi connectivity index (χ0) is 22.4. The molecule has 0 aliphatic carbocycles. The number of benzene rings is 2. The van der Waals surface area contributed by atoms with Crippen molar-refractivity contribution in [2.24, 2.45) is 0 Å². The number of nitrogens with zero attached hydrogens (tertiary/aromatic N) is 4. The summed E-state index contributed by atoms with van der Waals surface area (Å²) in [5.41, 5.74) is 1.85. The van der Waals surface area contributed by atoms with Gasteiger partial charge in [-0.15, -0.1) is 0 Å². The average molecular weight is 434 g/mol. The van der Waals surface area contributed by atoms with Crippen LogP contribution in [-0.4, -0.2) is 64.8 Å². The van der Waals surface area contributed by atoms with E-state index < -0.39 is 22.3 Å². The molecule has 166 valence electrons. The SMILES string of the molecule is O=[N+]([O-])c1ccc(CCN2CCN(CCc3ccc([N+](=O)[O-])cc3)C(C(F)F)C2)cc1. The molecule has 1 heterocycles. The van der Waals surface area contributed by atoms with Crippen LogP contribution in [0.5, 0.6) is 0 Å². The van der Waals surface area contributed by atoms with E-state index in [1.165, 1.54) is 24.3 Å². The van der Waals surface area contributed by atoms with Crippen LogP contribution >= 0.6 is 0 Å². The zero-order valence-corrected chi connectivity index (χ0v) is 16.9. The fraction of sp³-hybridized carbons (Fsp3) is 0.429. The van der Waals surface area contributed by atoms with Crippen LogP contribution in [0.1, 0.15) is 11.1 Å². The molecule has 1 aliphatic rings. The maximum absolute atomic E-state index is 13.7. The van der Waals surface area contributed by atoms with Gasteiger partial charge in [-0.25, -0.2) is 8.78 Å². The first-order valence-electron chi connectivity index (χ1n) is 10.0. The molecule has 3 rings (SSSR count). The van der Waals surface area contributed by atoms with E-state index in [1.807, 2.05) is 4.90 Å². The minimum atomic E-state index is -2.47. The fourth-order valence-electron chi connectivity index (χ4n) is 3.76. The highest BCUT2D eigenvalue weighted by Crippen LogP contribution is 2.19. The van der Waals surface area contributed by atoms with Gasteiger partial charge in [0, 0.05) is 57.0 Å². The van der Waals surface area contributed by atoms with E-state index in [-0.39, 0.29) is 17.9 Å². The number of alkyl halides is 2. The molecule has 0 N–H and O–H groups in total. The Morgan fingerprint density at radius 1 is 0.839 bits per heavy atom. The molecule has 1 unspecified atom stereocenters. The van der Waals surface area contributed by atoms with Gasteiger partial charge in [0.2, 0.25) is 0 Å². The summed E-state index contributed by atoms with van der Waals surface area (Å²) in [5, 5.41) is 21.5. The van der Waals surface area contributed by atoms with Gasteiger partial charge in [0.1, 0.15) is 0 Å². The second kappa shape index (κ2) is 10.4. The lowest BCUT2D eigenvalue weighted by Gasteiger charge is -2.41. The first kappa shape index (κ1) is 22.7. The number of nitro benzene ring substituents is 2. The summed E-state index contributed by atoms with van der Waals surface area (Å²) < 4.78 is 27.4. The fourth-order valence-corrected chi connectivity index (χ4v) is 3.76. The summed E-state index contributed by atoms with van der Waals surface area (Å²) in [6.07, 6.45) is -1.29. The predicted molar refractivity (Wildman–Crippen MR) is 111 cm³/mol. The van der Waals surface area contributed by atoms with E-state index >= 15 is 0 Å². The smallest absolute Gasteiger partial charge is 0.269 e. The largest absolute Gasteiger partial charge is 0.300 e. The van der Waals surface area contributed by atoms with Crippen molar-refractivity contribution < 1.29 is 18.6 Å². The second-order valence-electron chi connectivity index (χ2n) is 7.59. The Kier molecular flexibility index (Phi) is 7.59. The zero-order valence-electron chi connectivity index (χ0n) is 16.9. The molecule has 2 aromatic rings. The maximum atomic E-state index is 13.7. The first-order chi connectivity index (χ1) is 14.8. The Labute approximate surface area is 178 Å². The second-order valence-corrected chi connectivity index (χ2v) is 7.59. The van der Waals surface area contributed by atoms with E-state index in [1.54, 1.807) is 29.2 Å². The van der Waals surface area contributed by atoms with Gasteiger partial charge in [-0.2, -0.15) is 0 Å². The molecule has 0 aromatic heterocycles. The molecule has 1 saturated heterocycles. The molecular formula is C21H24F2N4O4. The van der Waals surface area contributed by atoms with Crippen LogP contribution in [0.25, 0.3) is 0 Å². The summed E-state index contributed by atoms with van der Waals surface area (Å²) in [6.45, 7) is 2.50. The van der Waals surface area contributed by atoms with E-state index in [2.05, 4.69) is 0 Å². The van der Waals surface area contributed by atoms with Crippen molar-refractivity contribution in [3.63, 3.8) is 0 Å². The molecule has 8 nitrogen and oxygen atoms in total. The monoisotopic (exact) mass is 434 g/mol. The lowest BCUT2D eigenvalue weighted by Crippen LogP contribution is -2.56. The highest BCUT2D eigenvalue weighted by molar-refractivity contribution is 5.33. The Bertz CT molecular complexity index is 893. The quantitative estimate of drug-likeness (QED) is 0.443. The number of hydrogen-bond acceptors (Lipinski definition) is 6. The summed E-state index contributed by atoms with van der Waals surface area (Å²) in [5.74, 6) is 0. The molecule has 0 radical (unpaired) electrons. The number of halogens is 2. The molecule has 1 aliphatic heterocycles. The molecule has 10 heteroatoms. The third-order valence-electron chi connectivity index (χ3n) is 5.61. The van der Waals surface area contributed by atoms with Crippen LogP contribution in [0.2, 0.25) is 0 Å². The topological polar surface area (TPSA) is 92.8 Å². The Balaban J connectivity index is 1.51. The molecule has 0 saturated carbocycles. The minimum Gasteiger partial charge on any atom is -0.300 e. The molecule has 2 aromatic carbocycles. The number of hydrogen-bond donors (Lipinski definition) is 0. The first-order valence-corrected chi connectivity index (χ1v) is 10.0. The Hall–Kier alpha value is -2.98. The van der Waals surface area contributed by atoms with Crippen molar-refractivity contribution in [1.82, 2.24) is 9.80 Å². The van der Waals surface area contributed by atoms with Gasteiger partial charge >= 0.3 is 0 Å². The molecule has 31 heavy (non-hydrogen) atoms. The average Bonchev–Trinajstić information content (AvgIpc) is 2.77. The van der Waals surface area contributed by atoms with Crippen molar-refractivity contribution >= 4 is 11.4 Å². The van der Waals surface area contributed by atoms with Crippen molar-refractivity contribution in [3.05, 3.63) is 79.9 Å². The standard InChI is InChI=1S/C21H24F2N4O4/c22-21(23)20-15-24(11-9-16-1-5-18(6-2-16)26(28)29)13-14-25(20)12-10-17-3-7-19(8-4-17)27(30)31/h1-8,20-21H,9-15H2. The summed E-state index contributed by atoms with van der Waals surface area (Å²) in [4.78, 5) is 24.3. The van der Waals surface area contributed by atoms with Crippen LogP contribution in [0.4, 0.5) is 20.2 Å². The number of nitro groups is 2. The predicted octanol–water partition coefficient (Wildman–Crippen LogP) is 3.54. The van der Waals surface area contributed by atoms with Gasteiger partial charge in [0.15, 0.2) is 0 Å². The van der Waals surface area contributed by atoms with E-state index in [4.69, 9.17) is 0 Å². The Morgan fingerprint density at radius 3 is 1.77 bits per heavy atom. The van der Waals surface area contributed by atoms with Crippen molar-refractivity contribution in [1.29, 1.82) is 0 Å². The van der Waals surface area contributed by atoms with Crippen LogP contribution in [0, 0.1) is 20.2 Å². The lowest BCUT2D eigenvalue weighted by molar-refractivity contribution is -0.385.